The number of halogens is 3. The highest BCUT2D eigenvalue weighted by Gasteiger charge is 2.36. The first-order valence-electron chi connectivity index (χ1n) is 11.8. The summed E-state index contributed by atoms with van der Waals surface area (Å²) in [6.45, 7) is 4.76. The minimum absolute atomic E-state index is 0.143. The molecule has 0 aliphatic carbocycles. The fourth-order valence-corrected chi connectivity index (χ4v) is 5.23. The van der Waals surface area contributed by atoms with E-state index in [9.17, 15) is 13.2 Å². The van der Waals surface area contributed by atoms with E-state index in [1.54, 1.807) is 18.3 Å². The van der Waals surface area contributed by atoms with Gasteiger partial charge in [0.05, 0.1) is 10.7 Å². The molecule has 2 aromatic heterocycles. The molecule has 1 fully saturated rings. The molecule has 1 aliphatic heterocycles. The predicted molar refractivity (Wildman–Crippen MR) is 131 cm³/mol. The van der Waals surface area contributed by atoms with E-state index in [0.717, 1.165) is 48.2 Å². The molecule has 0 saturated carbocycles. The van der Waals surface area contributed by atoms with Gasteiger partial charge in [-0.15, -0.1) is 11.3 Å². The SMILES string of the molecule is CC(=NOCCCCc1ccccc1)c1csc(C2CCNC(n3nc(C(F)(F)F)cc3C)C2)n1. The Balaban J connectivity index is 1.29. The third kappa shape index (κ3) is 6.70. The van der Waals surface area contributed by atoms with Gasteiger partial charge in [-0.1, -0.05) is 35.5 Å². The van der Waals surface area contributed by atoms with Crippen molar-refractivity contribution in [3.63, 3.8) is 0 Å². The lowest BCUT2D eigenvalue weighted by atomic mass is 9.96. The van der Waals surface area contributed by atoms with Crippen LogP contribution in [-0.4, -0.2) is 33.6 Å². The summed E-state index contributed by atoms with van der Waals surface area (Å²) < 4.78 is 40.6. The number of unbranched alkanes of at least 4 members (excludes halogenated alkanes) is 1. The highest BCUT2D eigenvalue weighted by Crippen LogP contribution is 2.35. The summed E-state index contributed by atoms with van der Waals surface area (Å²) in [5.41, 5.74) is 2.45. The van der Waals surface area contributed by atoms with Gasteiger partial charge in [-0.25, -0.2) is 4.98 Å². The smallest absolute Gasteiger partial charge is 0.396 e. The van der Waals surface area contributed by atoms with Crippen LogP contribution in [0.3, 0.4) is 0 Å². The van der Waals surface area contributed by atoms with E-state index in [1.165, 1.54) is 10.2 Å². The van der Waals surface area contributed by atoms with Gasteiger partial charge in [-0.2, -0.15) is 18.3 Å². The van der Waals surface area contributed by atoms with Crippen molar-refractivity contribution in [2.45, 2.75) is 64.2 Å². The normalized spacial score (nSPS) is 19.2. The van der Waals surface area contributed by atoms with Crippen LogP contribution in [0, 0.1) is 6.92 Å². The molecule has 35 heavy (non-hydrogen) atoms. The van der Waals surface area contributed by atoms with Crippen molar-refractivity contribution in [3.05, 3.63) is 69.4 Å². The average Bonchev–Trinajstić information content (AvgIpc) is 3.49. The topological polar surface area (TPSA) is 64.3 Å². The molecular formula is C25H30F3N5OS. The number of alkyl halides is 3. The fourth-order valence-electron chi connectivity index (χ4n) is 4.22. The van der Waals surface area contributed by atoms with Gasteiger partial charge in [0, 0.05) is 17.0 Å². The number of nitrogens with zero attached hydrogens (tertiary/aromatic N) is 4. The summed E-state index contributed by atoms with van der Waals surface area (Å²) >= 11 is 1.56. The van der Waals surface area contributed by atoms with Gasteiger partial charge in [0.25, 0.3) is 0 Å². The van der Waals surface area contributed by atoms with Crippen molar-refractivity contribution < 1.29 is 18.0 Å². The zero-order valence-corrected chi connectivity index (χ0v) is 20.7. The molecule has 2 unspecified atom stereocenters. The third-order valence-corrected chi connectivity index (χ3v) is 7.13. The second kappa shape index (κ2) is 11.3. The van der Waals surface area contributed by atoms with Gasteiger partial charge in [0.15, 0.2) is 5.69 Å². The van der Waals surface area contributed by atoms with Crippen molar-refractivity contribution >= 4 is 17.0 Å². The standard InChI is InChI=1S/C25H30F3N5OS/c1-17-14-22(25(26,27)28)31-33(17)23-15-20(11-12-29-23)24-30-21(16-35-24)18(2)32-34-13-7-6-10-19-8-4-3-5-9-19/h3-5,8-9,14,16,20,23,29H,6-7,10-13,15H2,1-2H3. The van der Waals surface area contributed by atoms with Crippen LogP contribution in [0.1, 0.15) is 72.3 Å². The summed E-state index contributed by atoms with van der Waals surface area (Å²) in [5.74, 6) is 0.143. The predicted octanol–water partition coefficient (Wildman–Crippen LogP) is 6.10. The zero-order chi connectivity index (χ0) is 24.8. The van der Waals surface area contributed by atoms with Gasteiger partial charge in [0.2, 0.25) is 0 Å². The lowest BCUT2D eigenvalue weighted by Gasteiger charge is -2.30. The molecule has 0 bridgehead atoms. The van der Waals surface area contributed by atoms with E-state index in [0.29, 0.717) is 25.3 Å². The number of piperidine rings is 1. The van der Waals surface area contributed by atoms with Gasteiger partial charge in [0.1, 0.15) is 18.5 Å². The van der Waals surface area contributed by atoms with Crippen molar-refractivity contribution in [1.29, 1.82) is 0 Å². The number of rotatable bonds is 9. The minimum Gasteiger partial charge on any atom is -0.396 e. The molecule has 1 saturated heterocycles. The van der Waals surface area contributed by atoms with Crippen LogP contribution in [-0.2, 0) is 17.4 Å². The van der Waals surface area contributed by atoms with E-state index in [-0.39, 0.29) is 12.1 Å². The highest BCUT2D eigenvalue weighted by molar-refractivity contribution is 7.09. The monoisotopic (exact) mass is 505 g/mol. The molecule has 1 aromatic carbocycles. The van der Waals surface area contributed by atoms with Crippen LogP contribution in [0.15, 0.2) is 46.9 Å². The Morgan fingerprint density at radius 2 is 2.06 bits per heavy atom. The summed E-state index contributed by atoms with van der Waals surface area (Å²) in [7, 11) is 0. The fraction of sp³-hybridized carbons (Fsp3) is 0.480. The Morgan fingerprint density at radius 3 is 2.80 bits per heavy atom. The molecule has 3 heterocycles. The van der Waals surface area contributed by atoms with Crippen LogP contribution in [0.25, 0.3) is 0 Å². The number of hydrogen-bond acceptors (Lipinski definition) is 6. The number of aromatic nitrogens is 3. The van der Waals surface area contributed by atoms with Crippen LogP contribution in [0.4, 0.5) is 13.2 Å². The third-order valence-electron chi connectivity index (χ3n) is 6.13. The van der Waals surface area contributed by atoms with Gasteiger partial charge >= 0.3 is 6.18 Å². The number of benzene rings is 1. The van der Waals surface area contributed by atoms with E-state index < -0.39 is 11.9 Å². The largest absolute Gasteiger partial charge is 0.435 e. The summed E-state index contributed by atoms with van der Waals surface area (Å²) in [5, 5.41) is 14.3. The lowest BCUT2D eigenvalue weighted by molar-refractivity contribution is -0.141. The summed E-state index contributed by atoms with van der Waals surface area (Å²) in [4.78, 5) is 10.3. The molecule has 0 radical (unpaired) electrons. The second-order valence-corrected chi connectivity index (χ2v) is 9.72. The van der Waals surface area contributed by atoms with Crippen molar-refractivity contribution in [1.82, 2.24) is 20.1 Å². The second-order valence-electron chi connectivity index (χ2n) is 8.83. The van der Waals surface area contributed by atoms with E-state index in [1.807, 2.05) is 30.5 Å². The van der Waals surface area contributed by atoms with Crippen molar-refractivity contribution in [3.8, 4) is 0 Å². The molecule has 0 spiro atoms. The molecule has 6 nitrogen and oxygen atoms in total. The van der Waals surface area contributed by atoms with Crippen LogP contribution >= 0.6 is 11.3 Å². The molecule has 0 amide bonds. The maximum atomic E-state index is 13.1. The van der Waals surface area contributed by atoms with Crippen molar-refractivity contribution in [2.24, 2.45) is 5.16 Å². The molecule has 10 heteroatoms. The van der Waals surface area contributed by atoms with E-state index >= 15 is 0 Å². The van der Waals surface area contributed by atoms with Gasteiger partial charge in [-0.3, -0.25) is 10.00 Å². The van der Waals surface area contributed by atoms with Crippen LogP contribution < -0.4 is 5.32 Å². The average molecular weight is 506 g/mol. The molecule has 188 valence electrons. The van der Waals surface area contributed by atoms with Crippen LogP contribution in [0.2, 0.25) is 0 Å². The quantitative estimate of drug-likeness (QED) is 0.217. The lowest BCUT2D eigenvalue weighted by Crippen LogP contribution is -2.36. The number of nitrogens with one attached hydrogen (secondary N) is 1. The molecule has 4 rings (SSSR count). The number of hydrogen-bond donors (Lipinski definition) is 1. The number of aryl methyl sites for hydroxylation is 2. The van der Waals surface area contributed by atoms with Gasteiger partial charge in [-0.05, 0) is 64.1 Å². The highest BCUT2D eigenvalue weighted by atomic mass is 32.1. The Morgan fingerprint density at radius 1 is 1.26 bits per heavy atom. The van der Waals surface area contributed by atoms with E-state index in [2.05, 4.69) is 27.7 Å². The first-order valence-corrected chi connectivity index (χ1v) is 12.7. The maximum absolute atomic E-state index is 13.1. The zero-order valence-electron chi connectivity index (χ0n) is 19.9. The van der Waals surface area contributed by atoms with Crippen molar-refractivity contribution in [2.75, 3.05) is 13.2 Å². The molecule has 2 atom stereocenters. The number of thiazole rings is 1. The molecular weight excluding hydrogens is 475 g/mol. The van der Waals surface area contributed by atoms with Crippen LogP contribution in [0.5, 0.6) is 0 Å². The van der Waals surface area contributed by atoms with E-state index in [4.69, 9.17) is 9.82 Å². The molecule has 1 N–H and O–H groups in total. The Labute approximate surface area is 207 Å². The molecule has 1 aliphatic rings. The Hall–Kier alpha value is -2.72. The first-order chi connectivity index (χ1) is 16.8. The Kier molecular flexibility index (Phi) is 8.22. The number of oxime groups is 1. The first kappa shape index (κ1) is 25.4. The van der Waals surface area contributed by atoms with Gasteiger partial charge < -0.3 is 4.84 Å². The maximum Gasteiger partial charge on any atom is 0.435 e. The molecule has 3 aromatic rings. The summed E-state index contributed by atoms with van der Waals surface area (Å²) in [6.07, 6.45) is -0.273. The Bertz CT molecular complexity index is 1130. The minimum atomic E-state index is -4.45. The summed E-state index contributed by atoms with van der Waals surface area (Å²) in [6, 6.07) is 11.5.